The molecule has 0 bridgehead atoms. The Labute approximate surface area is 113 Å². The van der Waals surface area contributed by atoms with E-state index >= 15 is 0 Å². The van der Waals surface area contributed by atoms with Crippen molar-refractivity contribution in [2.45, 2.75) is 52.0 Å². The van der Waals surface area contributed by atoms with Crippen LogP contribution in [-0.4, -0.2) is 39.5 Å². The van der Waals surface area contributed by atoms with Gasteiger partial charge in [0.25, 0.3) is 0 Å². The average molecular weight is 257 g/mol. The Morgan fingerprint density at radius 3 is 2.72 bits per heavy atom. The molecule has 0 saturated heterocycles. The van der Waals surface area contributed by atoms with Gasteiger partial charge in [-0.1, -0.05) is 13.8 Å². The van der Waals surface area contributed by atoms with Gasteiger partial charge in [-0.25, -0.2) is 0 Å². The number of nitrogens with one attached hydrogen (secondary N) is 1. The van der Waals surface area contributed by atoms with E-state index in [4.69, 9.17) is 9.47 Å². The maximum atomic E-state index is 5.54. The smallest absolute Gasteiger partial charge is 0.0700 e. The summed E-state index contributed by atoms with van der Waals surface area (Å²) in [7, 11) is 1.72. The number of hydrogen-bond donors (Lipinski definition) is 1. The zero-order valence-corrected chi connectivity index (χ0v) is 12.4. The molecule has 0 spiro atoms. The van der Waals surface area contributed by atoms with Crippen LogP contribution in [0.25, 0.3) is 0 Å². The summed E-state index contributed by atoms with van der Waals surface area (Å²) in [6.45, 7) is 8.02. The molecule has 18 heavy (non-hydrogen) atoms. The molecule has 1 fully saturated rings. The van der Waals surface area contributed by atoms with Gasteiger partial charge in [0.05, 0.1) is 13.2 Å². The molecule has 1 aliphatic rings. The summed E-state index contributed by atoms with van der Waals surface area (Å²) in [6, 6.07) is 0.741. The van der Waals surface area contributed by atoms with Crippen LogP contribution in [0.2, 0.25) is 0 Å². The monoisotopic (exact) mass is 257 g/mol. The molecule has 3 heteroatoms. The third-order valence-electron chi connectivity index (χ3n) is 4.01. The van der Waals surface area contributed by atoms with Gasteiger partial charge in [0.2, 0.25) is 0 Å². The Hall–Kier alpha value is -0.120. The second-order valence-electron chi connectivity index (χ2n) is 5.59. The minimum absolute atomic E-state index is 0.709. The number of ether oxygens (including phenoxy) is 2. The molecular weight excluding hydrogens is 226 g/mol. The zero-order valence-electron chi connectivity index (χ0n) is 12.4. The van der Waals surface area contributed by atoms with Crippen molar-refractivity contribution >= 4 is 0 Å². The summed E-state index contributed by atoms with van der Waals surface area (Å²) >= 11 is 0. The molecule has 0 radical (unpaired) electrons. The quantitative estimate of drug-likeness (QED) is 0.644. The van der Waals surface area contributed by atoms with Crippen LogP contribution in [-0.2, 0) is 9.47 Å². The van der Waals surface area contributed by atoms with Gasteiger partial charge < -0.3 is 14.8 Å². The van der Waals surface area contributed by atoms with Crippen LogP contribution in [0.5, 0.6) is 0 Å². The van der Waals surface area contributed by atoms with Crippen LogP contribution in [0.4, 0.5) is 0 Å². The lowest BCUT2D eigenvalue weighted by atomic mass is 9.76. The predicted molar refractivity (Wildman–Crippen MR) is 75.9 cm³/mol. The van der Waals surface area contributed by atoms with Gasteiger partial charge in [-0.2, -0.15) is 0 Å². The van der Waals surface area contributed by atoms with Crippen LogP contribution >= 0.6 is 0 Å². The molecule has 3 atom stereocenters. The van der Waals surface area contributed by atoms with Crippen LogP contribution in [0.3, 0.4) is 0 Å². The zero-order chi connectivity index (χ0) is 13.2. The van der Waals surface area contributed by atoms with E-state index in [9.17, 15) is 0 Å². The molecule has 3 nitrogen and oxygen atoms in total. The van der Waals surface area contributed by atoms with Crippen molar-refractivity contribution in [3.63, 3.8) is 0 Å². The van der Waals surface area contributed by atoms with Crippen molar-refractivity contribution in [1.82, 2.24) is 5.32 Å². The van der Waals surface area contributed by atoms with Gasteiger partial charge in [-0.3, -0.25) is 0 Å². The fourth-order valence-corrected chi connectivity index (χ4v) is 3.04. The highest BCUT2D eigenvalue weighted by Gasteiger charge is 2.27. The Kier molecular flexibility index (Phi) is 8.64. The largest absolute Gasteiger partial charge is 0.382 e. The van der Waals surface area contributed by atoms with Crippen molar-refractivity contribution < 1.29 is 9.47 Å². The SMILES string of the molecule is CCNC1CCC(C)CC1CCCOCCOC. The molecular formula is C15H31NO2. The highest BCUT2D eigenvalue weighted by Crippen LogP contribution is 2.31. The van der Waals surface area contributed by atoms with Crippen LogP contribution < -0.4 is 5.32 Å². The van der Waals surface area contributed by atoms with Crippen LogP contribution in [0.15, 0.2) is 0 Å². The van der Waals surface area contributed by atoms with E-state index in [2.05, 4.69) is 19.2 Å². The molecule has 1 N–H and O–H groups in total. The Morgan fingerprint density at radius 2 is 2.00 bits per heavy atom. The maximum absolute atomic E-state index is 5.54. The van der Waals surface area contributed by atoms with Crippen molar-refractivity contribution in [3.05, 3.63) is 0 Å². The maximum Gasteiger partial charge on any atom is 0.0700 e. The molecule has 1 saturated carbocycles. The third kappa shape index (κ3) is 6.17. The fourth-order valence-electron chi connectivity index (χ4n) is 3.04. The molecule has 1 rings (SSSR count). The summed E-state index contributed by atoms with van der Waals surface area (Å²) < 4.78 is 10.5. The highest BCUT2D eigenvalue weighted by molar-refractivity contribution is 4.83. The first-order valence-corrected chi connectivity index (χ1v) is 7.58. The van der Waals surface area contributed by atoms with E-state index in [0.717, 1.165) is 37.6 Å². The lowest BCUT2D eigenvalue weighted by Gasteiger charge is -2.35. The van der Waals surface area contributed by atoms with E-state index in [-0.39, 0.29) is 0 Å². The van der Waals surface area contributed by atoms with E-state index in [1.807, 2.05) is 0 Å². The second-order valence-corrected chi connectivity index (χ2v) is 5.59. The third-order valence-corrected chi connectivity index (χ3v) is 4.01. The lowest BCUT2D eigenvalue weighted by molar-refractivity contribution is 0.0646. The van der Waals surface area contributed by atoms with E-state index in [0.29, 0.717) is 6.61 Å². The topological polar surface area (TPSA) is 30.5 Å². The fraction of sp³-hybridized carbons (Fsp3) is 1.00. The summed E-state index contributed by atoms with van der Waals surface area (Å²) in [5.41, 5.74) is 0. The average Bonchev–Trinajstić information content (AvgIpc) is 2.37. The van der Waals surface area contributed by atoms with Crippen molar-refractivity contribution in [2.24, 2.45) is 11.8 Å². The Balaban J connectivity index is 2.15. The van der Waals surface area contributed by atoms with Crippen LogP contribution in [0, 0.1) is 11.8 Å². The van der Waals surface area contributed by atoms with E-state index < -0.39 is 0 Å². The standard InChI is InChI=1S/C15H31NO2/c1-4-16-15-8-7-13(2)12-14(15)6-5-9-18-11-10-17-3/h13-16H,4-12H2,1-3H3. The number of rotatable bonds is 9. The summed E-state index contributed by atoms with van der Waals surface area (Å²) in [5, 5.41) is 3.66. The minimum atomic E-state index is 0.709. The van der Waals surface area contributed by atoms with Crippen LogP contribution in [0.1, 0.15) is 46.0 Å². The molecule has 108 valence electrons. The van der Waals surface area contributed by atoms with Gasteiger partial charge in [-0.15, -0.1) is 0 Å². The van der Waals surface area contributed by atoms with E-state index in [1.54, 1.807) is 7.11 Å². The molecule has 0 heterocycles. The van der Waals surface area contributed by atoms with E-state index in [1.165, 1.54) is 32.1 Å². The minimum Gasteiger partial charge on any atom is -0.382 e. The van der Waals surface area contributed by atoms with Gasteiger partial charge in [0, 0.05) is 19.8 Å². The molecule has 3 unspecified atom stereocenters. The van der Waals surface area contributed by atoms with Crippen molar-refractivity contribution in [2.75, 3.05) is 33.5 Å². The van der Waals surface area contributed by atoms with Crippen molar-refractivity contribution in [3.8, 4) is 0 Å². The van der Waals surface area contributed by atoms with Crippen molar-refractivity contribution in [1.29, 1.82) is 0 Å². The molecule has 0 aromatic heterocycles. The highest BCUT2D eigenvalue weighted by atomic mass is 16.5. The molecule has 0 aromatic rings. The molecule has 0 aliphatic heterocycles. The van der Waals surface area contributed by atoms with Gasteiger partial charge in [0.1, 0.15) is 0 Å². The van der Waals surface area contributed by atoms with Gasteiger partial charge in [0.15, 0.2) is 0 Å². The second kappa shape index (κ2) is 9.76. The first-order chi connectivity index (χ1) is 8.77. The summed E-state index contributed by atoms with van der Waals surface area (Å²) in [6.07, 6.45) is 6.61. The first kappa shape index (κ1) is 15.9. The molecule has 0 aromatic carbocycles. The summed E-state index contributed by atoms with van der Waals surface area (Å²) in [5.74, 6) is 1.75. The Bertz CT molecular complexity index is 199. The lowest BCUT2D eigenvalue weighted by Crippen LogP contribution is -2.40. The summed E-state index contributed by atoms with van der Waals surface area (Å²) in [4.78, 5) is 0. The number of hydrogen-bond acceptors (Lipinski definition) is 3. The normalized spacial score (nSPS) is 28.5. The first-order valence-electron chi connectivity index (χ1n) is 7.58. The predicted octanol–water partition coefficient (Wildman–Crippen LogP) is 2.84. The van der Waals surface area contributed by atoms with Gasteiger partial charge in [-0.05, 0) is 50.5 Å². The number of methoxy groups -OCH3 is 1. The Morgan fingerprint density at radius 1 is 1.17 bits per heavy atom. The molecule has 0 amide bonds. The van der Waals surface area contributed by atoms with Gasteiger partial charge >= 0.3 is 0 Å². The molecule has 1 aliphatic carbocycles.